The first-order chi connectivity index (χ1) is 9.70. The molecule has 5 heteroatoms. The number of likely N-dealkylation sites (N-methyl/N-ethyl adjacent to an activating group) is 1. The highest BCUT2D eigenvalue weighted by atomic mass is 15.2. The molecule has 0 aromatic carbocycles. The van der Waals surface area contributed by atoms with E-state index in [1.54, 1.807) is 6.20 Å². The molecule has 2 N–H and O–H groups in total. The second kappa shape index (κ2) is 6.88. The van der Waals surface area contributed by atoms with Gasteiger partial charge in [0.1, 0.15) is 5.82 Å². The summed E-state index contributed by atoms with van der Waals surface area (Å²) in [7, 11) is 4.11. The van der Waals surface area contributed by atoms with Gasteiger partial charge in [-0.2, -0.15) is 4.98 Å². The maximum atomic E-state index is 4.44. The fourth-order valence-electron chi connectivity index (χ4n) is 3.07. The Morgan fingerprint density at radius 3 is 2.70 bits per heavy atom. The largest absolute Gasteiger partial charge is 0.373 e. The van der Waals surface area contributed by atoms with Gasteiger partial charge in [-0.3, -0.25) is 4.90 Å². The average Bonchev–Trinajstić information content (AvgIpc) is 2.53. The van der Waals surface area contributed by atoms with Crippen molar-refractivity contribution in [3.8, 4) is 0 Å². The average molecular weight is 277 g/mol. The van der Waals surface area contributed by atoms with Gasteiger partial charge in [0, 0.05) is 25.3 Å². The summed E-state index contributed by atoms with van der Waals surface area (Å²) in [6.07, 6.45) is 8.32. The third kappa shape index (κ3) is 3.39. The van der Waals surface area contributed by atoms with Gasteiger partial charge in [-0.25, -0.2) is 4.98 Å². The molecule has 1 heterocycles. The molecule has 1 saturated carbocycles. The molecule has 1 aromatic heterocycles. The van der Waals surface area contributed by atoms with Crippen LogP contribution >= 0.6 is 0 Å². The number of nitrogens with zero attached hydrogens (tertiary/aromatic N) is 3. The van der Waals surface area contributed by atoms with Crippen LogP contribution in [0.15, 0.2) is 12.3 Å². The van der Waals surface area contributed by atoms with Gasteiger partial charge in [0.15, 0.2) is 0 Å². The molecule has 5 nitrogen and oxygen atoms in total. The Balaban J connectivity index is 2.04. The first kappa shape index (κ1) is 15.0. The summed E-state index contributed by atoms with van der Waals surface area (Å²) in [5.41, 5.74) is 0.256. The van der Waals surface area contributed by atoms with Gasteiger partial charge in [0.25, 0.3) is 0 Å². The Kier molecular flexibility index (Phi) is 5.17. The quantitative estimate of drug-likeness (QED) is 0.837. The van der Waals surface area contributed by atoms with Crippen molar-refractivity contribution < 1.29 is 0 Å². The van der Waals surface area contributed by atoms with Crippen LogP contribution in [0.1, 0.15) is 39.0 Å². The molecule has 112 valence electrons. The molecule has 0 spiro atoms. The van der Waals surface area contributed by atoms with Crippen LogP contribution in [-0.2, 0) is 0 Å². The Morgan fingerprint density at radius 1 is 1.30 bits per heavy atom. The summed E-state index contributed by atoms with van der Waals surface area (Å²) in [6, 6.07) is 1.87. The van der Waals surface area contributed by atoms with Crippen LogP contribution in [0.5, 0.6) is 0 Å². The zero-order chi connectivity index (χ0) is 14.4. The second-order valence-electron chi connectivity index (χ2n) is 5.67. The van der Waals surface area contributed by atoms with E-state index in [9.17, 15) is 0 Å². The molecule has 2 rings (SSSR count). The van der Waals surface area contributed by atoms with E-state index >= 15 is 0 Å². The van der Waals surface area contributed by atoms with Crippen LogP contribution in [0.2, 0.25) is 0 Å². The zero-order valence-electron chi connectivity index (χ0n) is 12.9. The maximum Gasteiger partial charge on any atom is 0.224 e. The standard InChI is InChI=1S/C15H27N5/c1-4-20(3)15(9-6-5-7-10-15)12-18-14-17-11-8-13(16-2)19-14/h8,11H,4-7,9-10,12H2,1-3H3,(H2,16,17,18,19). The van der Waals surface area contributed by atoms with Crippen molar-refractivity contribution in [1.29, 1.82) is 0 Å². The molecule has 0 bridgehead atoms. The molecule has 1 fully saturated rings. The summed E-state index contributed by atoms with van der Waals surface area (Å²) < 4.78 is 0. The van der Waals surface area contributed by atoms with E-state index in [0.717, 1.165) is 18.9 Å². The van der Waals surface area contributed by atoms with Gasteiger partial charge in [-0.05, 0) is 32.5 Å². The van der Waals surface area contributed by atoms with Gasteiger partial charge < -0.3 is 10.6 Å². The molecular formula is C15H27N5. The van der Waals surface area contributed by atoms with Gasteiger partial charge in [0.2, 0.25) is 5.95 Å². The van der Waals surface area contributed by atoms with Gasteiger partial charge in [0.05, 0.1) is 0 Å². The summed E-state index contributed by atoms with van der Waals surface area (Å²) in [6.45, 7) is 4.23. The van der Waals surface area contributed by atoms with Crippen molar-refractivity contribution in [3.63, 3.8) is 0 Å². The number of aromatic nitrogens is 2. The van der Waals surface area contributed by atoms with Crippen molar-refractivity contribution in [2.45, 2.75) is 44.6 Å². The highest BCUT2D eigenvalue weighted by Gasteiger charge is 2.35. The van der Waals surface area contributed by atoms with Crippen molar-refractivity contribution >= 4 is 11.8 Å². The second-order valence-corrected chi connectivity index (χ2v) is 5.67. The summed E-state index contributed by atoms with van der Waals surface area (Å²) in [5, 5.41) is 6.49. The minimum atomic E-state index is 0.256. The number of rotatable bonds is 6. The molecule has 1 aliphatic rings. The topological polar surface area (TPSA) is 53.1 Å². The third-order valence-electron chi connectivity index (χ3n) is 4.56. The Morgan fingerprint density at radius 2 is 2.05 bits per heavy atom. The smallest absolute Gasteiger partial charge is 0.224 e. The fourth-order valence-corrected chi connectivity index (χ4v) is 3.07. The fraction of sp³-hybridized carbons (Fsp3) is 0.733. The first-order valence-corrected chi connectivity index (χ1v) is 7.66. The Bertz CT molecular complexity index is 414. The molecule has 0 unspecified atom stereocenters. The third-order valence-corrected chi connectivity index (χ3v) is 4.56. The molecule has 0 amide bonds. The molecule has 1 aromatic rings. The minimum absolute atomic E-state index is 0.256. The minimum Gasteiger partial charge on any atom is -0.373 e. The molecule has 0 atom stereocenters. The number of anilines is 2. The van der Waals surface area contributed by atoms with Crippen LogP contribution in [0.4, 0.5) is 11.8 Å². The monoisotopic (exact) mass is 277 g/mol. The summed E-state index contributed by atoms with van der Waals surface area (Å²) >= 11 is 0. The molecule has 20 heavy (non-hydrogen) atoms. The molecule has 0 aliphatic heterocycles. The summed E-state index contributed by atoms with van der Waals surface area (Å²) in [4.78, 5) is 11.2. The summed E-state index contributed by atoms with van der Waals surface area (Å²) in [5.74, 6) is 1.57. The van der Waals surface area contributed by atoms with Crippen LogP contribution in [0.25, 0.3) is 0 Å². The predicted octanol–water partition coefficient (Wildman–Crippen LogP) is 2.58. The van der Waals surface area contributed by atoms with E-state index in [1.165, 1.54) is 32.1 Å². The van der Waals surface area contributed by atoms with E-state index in [1.807, 2.05) is 13.1 Å². The number of nitrogens with one attached hydrogen (secondary N) is 2. The highest BCUT2D eigenvalue weighted by molar-refractivity contribution is 5.39. The van der Waals surface area contributed by atoms with Crippen LogP contribution in [0.3, 0.4) is 0 Å². The van der Waals surface area contributed by atoms with E-state index in [0.29, 0.717) is 5.95 Å². The predicted molar refractivity (Wildman–Crippen MR) is 84.2 cm³/mol. The SMILES string of the molecule is CCN(C)C1(CNc2nccc(NC)n2)CCCCC1. The number of hydrogen-bond donors (Lipinski definition) is 2. The van der Waals surface area contributed by atoms with Crippen LogP contribution < -0.4 is 10.6 Å². The Labute approximate surface area is 122 Å². The number of hydrogen-bond acceptors (Lipinski definition) is 5. The van der Waals surface area contributed by atoms with Gasteiger partial charge >= 0.3 is 0 Å². The van der Waals surface area contributed by atoms with Gasteiger partial charge in [-0.1, -0.05) is 26.2 Å². The van der Waals surface area contributed by atoms with Gasteiger partial charge in [-0.15, -0.1) is 0 Å². The van der Waals surface area contributed by atoms with Crippen LogP contribution in [-0.4, -0.2) is 47.6 Å². The lowest BCUT2D eigenvalue weighted by Gasteiger charge is -2.44. The zero-order valence-corrected chi connectivity index (χ0v) is 12.9. The highest BCUT2D eigenvalue weighted by Crippen LogP contribution is 2.32. The maximum absolute atomic E-state index is 4.44. The van der Waals surface area contributed by atoms with E-state index in [4.69, 9.17) is 0 Å². The van der Waals surface area contributed by atoms with E-state index in [-0.39, 0.29) is 5.54 Å². The molecular weight excluding hydrogens is 250 g/mol. The molecule has 0 saturated heterocycles. The van der Waals surface area contributed by atoms with Crippen molar-refractivity contribution in [3.05, 3.63) is 12.3 Å². The lowest BCUT2D eigenvalue weighted by atomic mass is 9.80. The lowest BCUT2D eigenvalue weighted by Crippen LogP contribution is -2.52. The van der Waals surface area contributed by atoms with Crippen molar-refractivity contribution in [2.75, 3.05) is 37.8 Å². The Hall–Kier alpha value is -1.36. The van der Waals surface area contributed by atoms with Crippen LogP contribution in [0, 0.1) is 0 Å². The lowest BCUT2D eigenvalue weighted by molar-refractivity contribution is 0.0921. The molecule has 1 aliphatic carbocycles. The van der Waals surface area contributed by atoms with E-state index in [2.05, 4.69) is 39.5 Å². The van der Waals surface area contributed by atoms with Crippen molar-refractivity contribution in [1.82, 2.24) is 14.9 Å². The molecule has 0 radical (unpaired) electrons. The normalized spacial score (nSPS) is 18.0. The first-order valence-electron chi connectivity index (χ1n) is 7.66. The van der Waals surface area contributed by atoms with E-state index < -0.39 is 0 Å². The van der Waals surface area contributed by atoms with Crippen molar-refractivity contribution in [2.24, 2.45) is 0 Å².